The van der Waals surface area contributed by atoms with Crippen molar-refractivity contribution in [2.45, 2.75) is 64.0 Å². The highest BCUT2D eigenvalue weighted by molar-refractivity contribution is 14.0. The van der Waals surface area contributed by atoms with Gasteiger partial charge in [0.2, 0.25) is 0 Å². The lowest BCUT2D eigenvalue weighted by Crippen LogP contribution is -2.53. The highest BCUT2D eigenvalue weighted by atomic mass is 127. The monoisotopic (exact) mass is 530 g/mol. The molecule has 0 amide bonds. The zero-order valence-electron chi connectivity index (χ0n) is 17.5. The topological polar surface area (TPSA) is 83.0 Å². The van der Waals surface area contributed by atoms with Crippen LogP contribution >= 0.6 is 24.0 Å². The molecule has 2 rings (SSSR count). The minimum absolute atomic E-state index is 0. The van der Waals surface area contributed by atoms with E-state index in [1.165, 1.54) is 57.7 Å². The van der Waals surface area contributed by atoms with Gasteiger partial charge in [0.05, 0.1) is 25.5 Å². The van der Waals surface area contributed by atoms with Crippen molar-refractivity contribution < 1.29 is 13.2 Å². The van der Waals surface area contributed by atoms with Gasteiger partial charge in [-0.3, -0.25) is 9.89 Å². The maximum atomic E-state index is 11.1. The van der Waals surface area contributed by atoms with Gasteiger partial charge in [-0.25, -0.2) is 8.42 Å². The predicted octanol–water partition coefficient (Wildman–Crippen LogP) is 2.02. The third-order valence-electron chi connectivity index (χ3n) is 5.33. The summed E-state index contributed by atoms with van der Waals surface area (Å²) < 4.78 is 27.6. The molecule has 0 spiro atoms. The molecule has 1 saturated heterocycles. The van der Waals surface area contributed by atoms with E-state index in [0.29, 0.717) is 19.2 Å². The van der Waals surface area contributed by atoms with E-state index in [4.69, 9.17) is 4.74 Å². The number of guanidine groups is 1. The van der Waals surface area contributed by atoms with E-state index < -0.39 is 9.84 Å². The van der Waals surface area contributed by atoms with E-state index in [2.05, 4.69) is 27.4 Å². The Balaban J connectivity index is 0.00000392. The lowest BCUT2D eigenvalue weighted by atomic mass is 9.92. The van der Waals surface area contributed by atoms with Crippen molar-refractivity contribution in [3.63, 3.8) is 0 Å². The Morgan fingerprint density at radius 3 is 2.57 bits per heavy atom. The van der Waals surface area contributed by atoms with Crippen LogP contribution in [0.2, 0.25) is 0 Å². The molecule has 2 N–H and O–H groups in total. The Kier molecular flexibility index (Phi) is 12.9. The van der Waals surface area contributed by atoms with Gasteiger partial charge in [0.15, 0.2) is 5.96 Å². The average molecular weight is 531 g/mol. The second-order valence-electron chi connectivity index (χ2n) is 7.77. The SMILES string of the molecule is CCNC(=NCCOCCS(C)(=O)=O)NC1CCCN(C2CCCCC2)C1.I. The van der Waals surface area contributed by atoms with Crippen molar-refractivity contribution in [3.8, 4) is 0 Å². The van der Waals surface area contributed by atoms with Crippen molar-refractivity contribution in [3.05, 3.63) is 0 Å². The zero-order chi connectivity index (χ0) is 19.5. The quantitative estimate of drug-likeness (QED) is 0.206. The summed E-state index contributed by atoms with van der Waals surface area (Å²) in [5.41, 5.74) is 0. The minimum Gasteiger partial charge on any atom is -0.378 e. The number of rotatable bonds is 9. The number of halogens is 1. The second kappa shape index (κ2) is 14.0. The van der Waals surface area contributed by atoms with Crippen LogP contribution in [0.5, 0.6) is 0 Å². The van der Waals surface area contributed by atoms with Gasteiger partial charge in [0.1, 0.15) is 9.84 Å². The second-order valence-corrected chi connectivity index (χ2v) is 10.0. The number of sulfone groups is 1. The molecule has 9 heteroatoms. The first kappa shape index (κ1) is 25.9. The summed E-state index contributed by atoms with van der Waals surface area (Å²) in [7, 11) is -2.96. The number of ether oxygens (including phenoxy) is 1. The molecule has 1 unspecified atom stereocenters. The molecule has 0 aromatic heterocycles. The van der Waals surface area contributed by atoms with Gasteiger partial charge < -0.3 is 15.4 Å². The molecule has 2 aliphatic rings. The van der Waals surface area contributed by atoms with E-state index in [1.54, 1.807) is 0 Å². The Labute approximate surface area is 188 Å². The fourth-order valence-corrected chi connectivity index (χ4v) is 4.37. The predicted molar refractivity (Wildman–Crippen MR) is 127 cm³/mol. The van der Waals surface area contributed by atoms with Gasteiger partial charge in [-0.05, 0) is 39.2 Å². The maximum Gasteiger partial charge on any atom is 0.191 e. The highest BCUT2D eigenvalue weighted by Gasteiger charge is 2.27. The van der Waals surface area contributed by atoms with Crippen LogP contribution in [0, 0.1) is 0 Å². The first-order chi connectivity index (χ1) is 13.0. The lowest BCUT2D eigenvalue weighted by Gasteiger charge is -2.40. The van der Waals surface area contributed by atoms with Crippen molar-refractivity contribution in [1.29, 1.82) is 0 Å². The molecule has 2 fully saturated rings. The van der Waals surface area contributed by atoms with Crippen LogP contribution in [0.4, 0.5) is 0 Å². The van der Waals surface area contributed by atoms with Gasteiger partial charge >= 0.3 is 0 Å². The van der Waals surface area contributed by atoms with Crippen LogP contribution in [0.15, 0.2) is 4.99 Å². The number of nitrogens with zero attached hydrogens (tertiary/aromatic N) is 2. The standard InChI is InChI=1S/C19H38N4O3S.HI/c1-3-20-19(21-11-13-26-14-15-27(2,24)25)22-17-8-7-12-23(16-17)18-9-5-4-6-10-18;/h17-18H,3-16H2,1-2H3,(H2,20,21,22);1H. The average Bonchev–Trinajstić information content (AvgIpc) is 2.65. The molecule has 0 bridgehead atoms. The summed E-state index contributed by atoms with van der Waals surface area (Å²) >= 11 is 0. The largest absolute Gasteiger partial charge is 0.378 e. The number of piperidine rings is 1. The summed E-state index contributed by atoms with van der Waals surface area (Å²) in [4.78, 5) is 7.26. The molecule has 28 heavy (non-hydrogen) atoms. The molecule has 1 heterocycles. The number of likely N-dealkylation sites (tertiary alicyclic amines) is 1. The van der Waals surface area contributed by atoms with E-state index in [0.717, 1.165) is 25.1 Å². The van der Waals surface area contributed by atoms with E-state index in [9.17, 15) is 8.42 Å². The molecule has 166 valence electrons. The van der Waals surface area contributed by atoms with Crippen LogP contribution in [-0.4, -0.2) is 82.8 Å². The summed E-state index contributed by atoms with van der Waals surface area (Å²) in [5.74, 6) is 0.897. The van der Waals surface area contributed by atoms with Crippen LogP contribution < -0.4 is 10.6 Å². The van der Waals surface area contributed by atoms with Crippen molar-refractivity contribution in [1.82, 2.24) is 15.5 Å². The highest BCUT2D eigenvalue weighted by Crippen LogP contribution is 2.25. The zero-order valence-corrected chi connectivity index (χ0v) is 20.6. The first-order valence-corrected chi connectivity index (χ1v) is 12.6. The van der Waals surface area contributed by atoms with Crippen LogP contribution in [-0.2, 0) is 14.6 Å². The molecule has 0 aromatic rings. The molecular formula is C19H39IN4O3S. The molecule has 7 nitrogen and oxygen atoms in total. The summed E-state index contributed by atoms with van der Waals surface area (Å²) in [6.45, 7) is 6.40. The van der Waals surface area contributed by atoms with Gasteiger partial charge in [-0.1, -0.05) is 19.3 Å². The molecule has 1 atom stereocenters. The minimum atomic E-state index is -2.96. The number of nitrogens with one attached hydrogen (secondary N) is 2. The van der Waals surface area contributed by atoms with Crippen LogP contribution in [0.1, 0.15) is 51.9 Å². The summed E-state index contributed by atoms with van der Waals surface area (Å²) in [6, 6.07) is 1.20. The molecule has 0 aromatic carbocycles. The van der Waals surface area contributed by atoms with Gasteiger partial charge in [0, 0.05) is 31.4 Å². The summed E-state index contributed by atoms with van der Waals surface area (Å²) in [5, 5.41) is 6.90. The Bertz CT molecular complexity index is 553. The van der Waals surface area contributed by atoms with E-state index in [-0.39, 0.29) is 36.3 Å². The normalized spacial score (nSPS) is 22.5. The van der Waals surface area contributed by atoms with Gasteiger partial charge in [0.25, 0.3) is 0 Å². The van der Waals surface area contributed by atoms with Crippen LogP contribution in [0.3, 0.4) is 0 Å². The van der Waals surface area contributed by atoms with Crippen molar-refractivity contribution >= 4 is 39.8 Å². The Morgan fingerprint density at radius 2 is 1.89 bits per heavy atom. The molecule has 1 aliphatic carbocycles. The fraction of sp³-hybridized carbons (Fsp3) is 0.947. The number of aliphatic imine (C=N–C) groups is 1. The van der Waals surface area contributed by atoms with E-state index >= 15 is 0 Å². The molecular weight excluding hydrogens is 491 g/mol. The Morgan fingerprint density at radius 1 is 1.14 bits per heavy atom. The van der Waals surface area contributed by atoms with Crippen molar-refractivity contribution in [2.75, 3.05) is 51.4 Å². The first-order valence-electron chi connectivity index (χ1n) is 10.5. The lowest BCUT2D eigenvalue weighted by molar-refractivity contribution is 0.115. The molecule has 1 aliphatic heterocycles. The van der Waals surface area contributed by atoms with Gasteiger partial charge in [-0.2, -0.15) is 0 Å². The smallest absolute Gasteiger partial charge is 0.191 e. The Hall–Kier alpha value is -0.130. The molecule has 1 saturated carbocycles. The summed E-state index contributed by atoms with van der Waals surface area (Å²) in [6.07, 6.45) is 10.5. The van der Waals surface area contributed by atoms with Crippen LogP contribution in [0.25, 0.3) is 0 Å². The maximum absolute atomic E-state index is 11.1. The van der Waals surface area contributed by atoms with Gasteiger partial charge in [-0.15, -0.1) is 24.0 Å². The third kappa shape index (κ3) is 10.6. The third-order valence-corrected chi connectivity index (χ3v) is 6.24. The number of hydrogen-bond acceptors (Lipinski definition) is 5. The van der Waals surface area contributed by atoms with Crippen molar-refractivity contribution in [2.24, 2.45) is 4.99 Å². The van der Waals surface area contributed by atoms with E-state index in [1.807, 2.05) is 0 Å². The molecule has 0 radical (unpaired) electrons. The number of hydrogen-bond donors (Lipinski definition) is 2. The fourth-order valence-electron chi connectivity index (χ4n) is 3.95.